The first-order valence-electron chi connectivity index (χ1n) is 6.68. The van der Waals surface area contributed by atoms with Crippen LogP contribution in [0.3, 0.4) is 0 Å². The third-order valence-electron chi connectivity index (χ3n) is 4.01. The Labute approximate surface area is 126 Å². The summed E-state index contributed by atoms with van der Waals surface area (Å²) in [6.07, 6.45) is 2.95. The highest BCUT2D eigenvalue weighted by Gasteiger charge is 2.41. The molecule has 0 heterocycles. The zero-order valence-corrected chi connectivity index (χ0v) is 12.9. The van der Waals surface area contributed by atoms with Gasteiger partial charge in [0.2, 0.25) is 0 Å². The fraction of sp³-hybridized carbons (Fsp3) is 0.467. The highest BCUT2D eigenvalue weighted by molar-refractivity contribution is 9.10. The van der Waals surface area contributed by atoms with Crippen LogP contribution in [0.5, 0.6) is 0 Å². The van der Waals surface area contributed by atoms with E-state index in [1.807, 2.05) is 6.07 Å². The van der Waals surface area contributed by atoms with E-state index in [0.29, 0.717) is 30.0 Å². The molecule has 1 aliphatic carbocycles. The molecule has 2 N–H and O–H groups in total. The number of rotatable bonds is 3. The van der Waals surface area contributed by atoms with Gasteiger partial charge in [0.15, 0.2) is 0 Å². The lowest BCUT2D eigenvalue weighted by Crippen LogP contribution is -2.49. The maximum atomic E-state index is 11.7. The lowest BCUT2D eigenvalue weighted by atomic mass is 9.77. The van der Waals surface area contributed by atoms with Crippen molar-refractivity contribution in [2.24, 2.45) is 5.92 Å². The number of carbonyl (C=O) groups is 1. The third kappa shape index (κ3) is 2.96. The average Bonchev–Trinajstić information content (AvgIpc) is 2.43. The Hall–Kier alpha value is -1.54. The molecule has 0 aromatic heterocycles. The van der Waals surface area contributed by atoms with Crippen LogP contribution >= 0.6 is 15.9 Å². The van der Waals surface area contributed by atoms with Crippen LogP contribution in [0.25, 0.3) is 0 Å². The van der Waals surface area contributed by atoms with E-state index in [2.05, 4.69) is 34.2 Å². The number of carboxylic acid groups (broad SMARTS) is 1. The quantitative estimate of drug-likeness (QED) is 0.881. The molecule has 2 rings (SSSR count). The van der Waals surface area contributed by atoms with Gasteiger partial charge in [0, 0.05) is 4.47 Å². The van der Waals surface area contributed by atoms with E-state index >= 15 is 0 Å². The van der Waals surface area contributed by atoms with Gasteiger partial charge in [-0.3, -0.25) is 0 Å². The van der Waals surface area contributed by atoms with E-state index in [9.17, 15) is 15.2 Å². The van der Waals surface area contributed by atoms with E-state index in [0.717, 1.165) is 17.3 Å². The van der Waals surface area contributed by atoms with Crippen molar-refractivity contribution in [2.75, 3.05) is 5.32 Å². The minimum Gasteiger partial charge on any atom is -0.480 e. The molecular weight excluding hydrogens is 320 g/mol. The summed E-state index contributed by atoms with van der Waals surface area (Å²) in [5.41, 5.74) is 0.0950. The zero-order valence-electron chi connectivity index (χ0n) is 11.3. The second kappa shape index (κ2) is 5.84. The molecule has 0 saturated heterocycles. The summed E-state index contributed by atoms with van der Waals surface area (Å²) < 4.78 is 0.807. The highest BCUT2D eigenvalue weighted by atomic mass is 79.9. The van der Waals surface area contributed by atoms with Crippen molar-refractivity contribution < 1.29 is 9.90 Å². The van der Waals surface area contributed by atoms with Crippen molar-refractivity contribution in [3.8, 4) is 6.07 Å². The van der Waals surface area contributed by atoms with E-state index < -0.39 is 11.5 Å². The maximum Gasteiger partial charge on any atom is 0.329 e. The van der Waals surface area contributed by atoms with Crippen molar-refractivity contribution in [2.45, 2.75) is 38.1 Å². The predicted octanol–water partition coefficient (Wildman–Crippen LogP) is 3.77. The minimum absolute atomic E-state index is 0.457. The minimum atomic E-state index is -0.952. The van der Waals surface area contributed by atoms with E-state index in [-0.39, 0.29) is 0 Å². The average molecular weight is 337 g/mol. The van der Waals surface area contributed by atoms with Crippen molar-refractivity contribution >= 4 is 27.6 Å². The van der Waals surface area contributed by atoms with Gasteiger partial charge in [-0.15, -0.1) is 0 Å². The molecule has 0 radical (unpaired) electrons. The van der Waals surface area contributed by atoms with Gasteiger partial charge < -0.3 is 10.4 Å². The van der Waals surface area contributed by atoms with Crippen molar-refractivity contribution in [1.29, 1.82) is 5.26 Å². The van der Waals surface area contributed by atoms with Crippen LogP contribution in [0.1, 0.15) is 38.2 Å². The van der Waals surface area contributed by atoms with Gasteiger partial charge in [-0.05, 0) is 49.8 Å². The number of halogens is 1. The summed E-state index contributed by atoms with van der Waals surface area (Å²) in [5.74, 6) is -0.277. The number of anilines is 1. The molecule has 1 saturated carbocycles. The molecule has 0 spiro atoms. The number of aliphatic carboxylic acids is 1. The normalized spacial score (nSPS) is 25.8. The molecule has 5 heteroatoms. The van der Waals surface area contributed by atoms with Gasteiger partial charge in [0.05, 0.1) is 11.3 Å². The summed E-state index contributed by atoms with van der Waals surface area (Å²) in [5, 5.41) is 21.9. The number of nitriles is 1. The number of hydrogen-bond acceptors (Lipinski definition) is 3. The summed E-state index contributed by atoms with van der Waals surface area (Å²) in [7, 11) is 0. The molecular formula is C15H17BrN2O2. The molecule has 106 valence electrons. The Bertz CT molecular complexity index is 557. The van der Waals surface area contributed by atoms with Crippen molar-refractivity contribution in [3.63, 3.8) is 0 Å². The summed E-state index contributed by atoms with van der Waals surface area (Å²) in [6.45, 7) is 2.14. The van der Waals surface area contributed by atoms with Gasteiger partial charge in [-0.25, -0.2) is 4.79 Å². The Morgan fingerprint density at radius 3 is 2.70 bits per heavy atom. The number of nitrogens with zero attached hydrogens (tertiary/aromatic N) is 1. The lowest BCUT2D eigenvalue weighted by molar-refractivity contribution is -0.143. The van der Waals surface area contributed by atoms with E-state index in [4.69, 9.17) is 0 Å². The monoisotopic (exact) mass is 336 g/mol. The van der Waals surface area contributed by atoms with Crippen LogP contribution < -0.4 is 5.32 Å². The largest absolute Gasteiger partial charge is 0.480 e. The smallest absolute Gasteiger partial charge is 0.329 e. The number of nitrogens with one attached hydrogen (secondary N) is 1. The molecule has 0 atom stereocenters. The first-order chi connectivity index (χ1) is 9.47. The standard InChI is InChI=1S/C15H17BrN2O2/c1-10-4-6-15(7-5-10,14(19)20)18-13-3-2-12(16)8-11(13)9-17/h2-3,8,10,18H,4-7H2,1H3,(H,19,20). The lowest BCUT2D eigenvalue weighted by Gasteiger charge is -2.37. The first-order valence-corrected chi connectivity index (χ1v) is 7.47. The molecule has 1 aliphatic rings. The molecule has 0 unspecified atom stereocenters. The van der Waals surface area contributed by atoms with Gasteiger partial charge in [0.1, 0.15) is 11.6 Å². The third-order valence-corrected chi connectivity index (χ3v) is 4.51. The molecule has 0 aliphatic heterocycles. The molecule has 1 fully saturated rings. The van der Waals surface area contributed by atoms with Gasteiger partial charge in [-0.1, -0.05) is 22.9 Å². The van der Waals surface area contributed by atoms with Crippen LogP contribution in [-0.4, -0.2) is 16.6 Å². The van der Waals surface area contributed by atoms with Gasteiger partial charge in [0.25, 0.3) is 0 Å². The van der Waals surface area contributed by atoms with Crippen LogP contribution in [0.4, 0.5) is 5.69 Å². The summed E-state index contributed by atoms with van der Waals surface area (Å²) in [4.78, 5) is 11.7. The Morgan fingerprint density at radius 1 is 1.50 bits per heavy atom. The molecule has 20 heavy (non-hydrogen) atoms. The van der Waals surface area contributed by atoms with Crippen LogP contribution in [0, 0.1) is 17.2 Å². The van der Waals surface area contributed by atoms with Crippen molar-refractivity contribution in [3.05, 3.63) is 28.2 Å². The molecule has 4 nitrogen and oxygen atoms in total. The summed E-state index contributed by atoms with van der Waals surface area (Å²) >= 11 is 3.32. The Kier molecular flexibility index (Phi) is 4.34. The van der Waals surface area contributed by atoms with Crippen LogP contribution in [-0.2, 0) is 4.79 Å². The fourth-order valence-electron chi connectivity index (χ4n) is 2.62. The SMILES string of the molecule is CC1CCC(Nc2ccc(Br)cc2C#N)(C(=O)O)CC1. The predicted molar refractivity (Wildman–Crippen MR) is 80.5 cm³/mol. The second-order valence-corrected chi connectivity index (χ2v) is 6.41. The van der Waals surface area contributed by atoms with E-state index in [1.54, 1.807) is 12.1 Å². The summed E-state index contributed by atoms with van der Waals surface area (Å²) in [6, 6.07) is 7.37. The zero-order chi connectivity index (χ0) is 14.8. The molecule has 1 aromatic rings. The second-order valence-electron chi connectivity index (χ2n) is 5.50. The van der Waals surface area contributed by atoms with Crippen molar-refractivity contribution in [1.82, 2.24) is 0 Å². The Morgan fingerprint density at radius 2 is 2.15 bits per heavy atom. The molecule has 0 amide bonds. The maximum absolute atomic E-state index is 11.7. The molecule has 1 aromatic carbocycles. The first kappa shape index (κ1) is 14.9. The number of hydrogen-bond donors (Lipinski definition) is 2. The topological polar surface area (TPSA) is 73.1 Å². The molecule has 0 bridgehead atoms. The fourth-order valence-corrected chi connectivity index (χ4v) is 2.98. The van der Waals surface area contributed by atoms with Crippen LogP contribution in [0.15, 0.2) is 22.7 Å². The van der Waals surface area contributed by atoms with Gasteiger partial charge >= 0.3 is 5.97 Å². The van der Waals surface area contributed by atoms with Crippen LogP contribution in [0.2, 0.25) is 0 Å². The Balaban J connectivity index is 2.30. The highest BCUT2D eigenvalue weighted by Crippen LogP contribution is 2.36. The van der Waals surface area contributed by atoms with Gasteiger partial charge in [-0.2, -0.15) is 5.26 Å². The number of carboxylic acids is 1. The van der Waals surface area contributed by atoms with E-state index in [1.165, 1.54) is 0 Å². The number of benzene rings is 1.